The third kappa shape index (κ3) is 5.46. The van der Waals surface area contributed by atoms with Crippen molar-refractivity contribution in [2.75, 3.05) is 24.7 Å². The predicted octanol–water partition coefficient (Wildman–Crippen LogP) is 4.04. The summed E-state index contributed by atoms with van der Waals surface area (Å²) in [7, 11) is 3.31. The molecule has 4 amide bonds. The molecule has 11 heteroatoms. The summed E-state index contributed by atoms with van der Waals surface area (Å²) in [6, 6.07) is 10.6. The Morgan fingerprint density at radius 2 is 1.71 bits per heavy atom. The van der Waals surface area contributed by atoms with Crippen LogP contribution < -0.4 is 16.0 Å². The van der Waals surface area contributed by atoms with E-state index in [2.05, 4.69) is 36.1 Å². The van der Waals surface area contributed by atoms with Gasteiger partial charge in [-0.3, -0.25) is 19.7 Å². The molecule has 38 heavy (non-hydrogen) atoms. The highest BCUT2D eigenvalue weighted by molar-refractivity contribution is 6.11. The Kier molecular flexibility index (Phi) is 6.98. The van der Waals surface area contributed by atoms with Gasteiger partial charge < -0.3 is 20.9 Å². The number of benzene rings is 1. The predicted molar refractivity (Wildman–Crippen MR) is 144 cm³/mol. The number of urea groups is 1. The number of carbonyl (C=O) groups is 3. The number of hydrogen-bond acceptors (Lipinski definition) is 6. The number of pyridine rings is 2. The molecule has 0 aliphatic heterocycles. The van der Waals surface area contributed by atoms with E-state index in [0.717, 1.165) is 36.8 Å². The van der Waals surface area contributed by atoms with Crippen LogP contribution in [0.2, 0.25) is 0 Å². The molecule has 4 N–H and O–H groups in total. The van der Waals surface area contributed by atoms with Gasteiger partial charge in [-0.2, -0.15) is 5.10 Å². The van der Waals surface area contributed by atoms with Gasteiger partial charge >= 0.3 is 6.03 Å². The largest absolute Gasteiger partial charge is 0.348 e. The van der Waals surface area contributed by atoms with E-state index in [1.807, 2.05) is 24.3 Å². The number of anilines is 2. The van der Waals surface area contributed by atoms with Gasteiger partial charge in [-0.1, -0.05) is 18.9 Å². The maximum atomic E-state index is 13.1. The van der Waals surface area contributed by atoms with Crippen LogP contribution in [0.4, 0.5) is 16.2 Å². The van der Waals surface area contributed by atoms with Crippen molar-refractivity contribution >= 4 is 40.1 Å². The van der Waals surface area contributed by atoms with Gasteiger partial charge in [0.05, 0.1) is 29.3 Å². The Hall–Kier alpha value is -4.80. The molecule has 5 rings (SSSR count). The second-order valence-electron chi connectivity index (χ2n) is 9.46. The number of hydrogen-bond donors (Lipinski definition) is 4. The lowest BCUT2D eigenvalue weighted by Crippen LogP contribution is -2.33. The standard InChI is InChI=1S/C27H28N8O3/c1-35(2)27(38)32-20-11-17(13-28-14-20)16-7-9-22-21(12-16)24(34-33-22)26(37)31-19-8-10-23(29-15-19)25(36)30-18-5-3-4-6-18/h7-15,18H,3-6H2,1-2H3,(H,30,36)(H,31,37)(H,32,38)(H,33,34). The van der Waals surface area contributed by atoms with E-state index in [9.17, 15) is 14.4 Å². The molecule has 1 fully saturated rings. The Morgan fingerprint density at radius 3 is 2.45 bits per heavy atom. The number of aromatic nitrogens is 4. The van der Waals surface area contributed by atoms with Gasteiger partial charge in [0.25, 0.3) is 11.8 Å². The number of nitrogens with zero attached hydrogens (tertiary/aromatic N) is 4. The summed E-state index contributed by atoms with van der Waals surface area (Å²) < 4.78 is 0. The zero-order valence-electron chi connectivity index (χ0n) is 21.1. The van der Waals surface area contributed by atoms with Crippen LogP contribution in [0, 0.1) is 0 Å². The average molecular weight is 513 g/mol. The summed E-state index contributed by atoms with van der Waals surface area (Å²) in [6.07, 6.45) is 8.96. The summed E-state index contributed by atoms with van der Waals surface area (Å²) in [5, 5.41) is 16.3. The maximum absolute atomic E-state index is 13.1. The average Bonchev–Trinajstić information content (AvgIpc) is 3.58. The number of H-pyrrole nitrogens is 1. The third-order valence-electron chi connectivity index (χ3n) is 6.45. The Bertz CT molecular complexity index is 1490. The zero-order chi connectivity index (χ0) is 26.6. The smallest absolute Gasteiger partial charge is 0.321 e. The van der Waals surface area contributed by atoms with E-state index in [1.54, 1.807) is 38.6 Å². The van der Waals surface area contributed by atoms with Gasteiger partial charge in [0.15, 0.2) is 5.69 Å². The highest BCUT2D eigenvalue weighted by Crippen LogP contribution is 2.27. The Labute approximate surface area is 219 Å². The molecule has 1 aliphatic carbocycles. The van der Waals surface area contributed by atoms with Crippen molar-refractivity contribution in [2.45, 2.75) is 31.7 Å². The molecule has 0 atom stereocenters. The zero-order valence-corrected chi connectivity index (χ0v) is 21.1. The molecule has 0 radical (unpaired) electrons. The molecule has 1 aliphatic rings. The van der Waals surface area contributed by atoms with Crippen LogP contribution in [-0.2, 0) is 0 Å². The Balaban J connectivity index is 1.31. The molecule has 3 aromatic heterocycles. The highest BCUT2D eigenvalue weighted by atomic mass is 16.2. The SMILES string of the molecule is CN(C)C(=O)Nc1cncc(-c2ccc3[nH]nc(C(=O)Nc4ccc(C(=O)NC5CCCC5)nc4)c3c2)c1. The minimum Gasteiger partial charge on any atom is -0.348 e. The molecular weight excluding hydrogens is 484 g/mol. The molecule has 0 spiro atoms. The second-order valence-corrected chi connectivity index (χ2v) is 9.46. The van der Waals surface area contributed by atoms with Gasteiger partial charge in [-0.25, -0.2) is 9.78 Å². The van der Waals surface area contributed by atoms with Crippen LogP contribution in [-0.4, -0.2) is 63.0 Å². The first-order valence-electron chi connectivity index (χ1n) is 12.4. The molecule has 0 unspecified atom stereocenters. The molecular formula is C27H28N8O3. The van der Waals surface area contributed by atoms with Crippen LogP contribution in [0.25, 0.3) is 22.0 Å². The van der Waals surface area contributed by atoms with Gasteiger partial charge in [0.1, 0.15) is 5.69 Å². The van der Waals surface area contributed by atoms with E-state index < -0.39 is 5.91 Å². The van der Waals surface area contributed by atoms with Crippen molar-refractivity contribution in [3.8, 4) is 11.1 Å². The van der Waals surface area contributed by atoms with Crippen LogP contribution in [0.1, 0.15) is 46.7 Å². The number of fused-ring (bicyclic) bond motifs is 1. The fourth-order valence-corrected chi connectivity index (χ4v) is 4.39. The lowest BCUT2D eigenvalue weighted by molar-refractivity contribution is 0.0932. The molecule has 1 saturated carbocycles. The minimum absolute atomic E-state index is 0.205. The minimum atomic E-state index is -0.413. The molecule has 4 aromatic rings. The normalized spacial score (nSPS) is 13.3. The van der Waals surface area contributed by atoms with Gasteiger partial charge in [0, 0.05) is 37.3 Å². The lowest BCUT2D eigenvalue weighted by Gasteiger charge is -2.12. The molecule has 3 heterocycles. The lowest BCUT2D eigenvalue weighted by atomic mass is 10.0. The van der Waals surface area contributed by atoms with Crippen molar-refractivity contribution in [3.05, 3.63) is 66.4 Å². The van der Waals surface area contributed by atoms with E-state index in [4.69, 9.17) is 0 Å². The van der Waals surface area contributed by atoms with Crippen LogP contribution in [0.3, 0.4) is 0 Å². The van der Waals surface area contributed by atoms with Gasteiger partial charge in [-0.15, -0.1) is 0 Å². The number of amides is 4. The van der Waals surface area contributed by atoms with Crippen molar-refractivity contribution in [1.82, 2.24) is 30.4 Å². The van der Waals surface area contributed by atoms with Gasteiger partial charge in [-0.05, 0) is 48.7 Å². The quantitative estimate of drug-likeness (QED) is 0.307. The number of aromatic amines is 1. The van der Waals surface area contributed by atoms with E-state index >= 15 is 0 Å². The third-order valence-corrected chi connectivity index (χ3v) is 6.45. The van der Waals surface area contributed by atoms with Crippen LogP contribution >= 0.6 is 0 Å². The summed E-state index contributed by atoms with van der Waals surface area (Å²) in [6.45, 7) is 0. The number of rotatable bonds is 6. The van der Waals surface area contributed by atoms with Crippen molar-refractivity contribution in [1.29, 1.82) is 0 Å². The molecule has 0 bridgehead atoms. The van der Waals surface area contributed by atoms with Crippen LogP contribution in [0.5, 0.6) is 0 Å². The highest BCUT2D eigenvalue weighted by Gasteiger charge is 2.19. The first kappa shape index (κ1) is 24.9. The number of nitrogens with one attached hydrogen (secondary N) is 4. The van der Waals surface area contributed by atoms with Crippen LogP contribution in [0.15, 0.2) is 55.0 Å². The van der Waals surface area contributed by atoms with Crippen molar-refractivity contribution in [2.24, 2.45) is 0 Å². The van der Waals surface area contributed by atoms with Crippen molar-refractivity contribution < 1.29 is 14.4 Å². The van der Waals surface area contributed by atoms with E-state index in [1.165, 1.54) is 11.1 Å². The second kappa shape index (κ2) is 10.7. The Morgan fingerprint density at radius 1 is 0.895 bits per heavy atom. The fraction of sp³-hybridized carbons (Fsp3) is 0.259. The topological polar surface area (TPSA) is 145 Å². The summed E-state index contributed by atoms with van der Waals surface area (Å²) in [4.78, 5) is 47.4. The molecule has 0 saturated heterocycles. The van der Waals surface area contributed by atoms with Gasteiger partial charge in [0.2, 0.25) is 0 Å². The van der Waals surface area contributed by atoms with Crippen molar-refractivity contribution in [3.63, 3.8) is 0 Å². The fourth-order valence-electron chi connectivity index (χ4n) is 4.39. The molecule has 11 nitrogen and oxygen atoms in total. The van der Waals surface area contributed by atoms with E-state index in [0.29, 0.717) is 28.0 Å². The first-order valence-corrected chi connectivity index (χ1v) is 12.4. The summed E-state index contributed by atoms with van der Waals surface area (Å²) in [5.74, 6) is -0.621. The molecule has 1 aromatic carbocycles. The molecule has 194 valence electrons. The summed E-state index contributed by atoms with van der Waals surface area (Å²) >= 11 is 0. The summed E-state index contributed by atoms with van der Waals surface area (Å²) in [5.41, 5.74) is 3.80. The first-order chi connectivity index (χ1) is 18.4. The monoisotopic (exact) mass is 512 g/mol. The number of carbonyl (C=O) groups excluding carboxylic acids is 3. The van der Waals surface area contributed by atoms with E-state index in [-0.39, 0.29) is 23.7 Å². The maximum Gasteiger partial charge on any atom is 0.321 e.